The molecule has 0 spiro atoms. The van der Waals surface area contributed by atoms with Gasteiger partial charge in [-0.25, -0.2) is 0 Å². The highest BCUT2D eigenvalue weighted by atomic mass is 16.5. The molecule has 2 unspecified atom stereocenters. The summed E-state index contributed by atoms with van der Waals surface area (Å²) in [5, 5.41) is 10.1. The van der Waals surface area contributed by atoms with Crippen molar-refractivity contribution in [2.75, 3.05) is 6.61 Å². The van der Waals surface area contributed by atoms with Gasteiger partial charge in [-0.1, -0.05) is 31.0 Å². The Morgan fingerprint density at radius 1 is 1.19 bits per heavy atom. The van der Waals surface area contributed by atoms with E-state index < -0.39 is 0 Å². The van der Waals surface area contributed by atoms with Crippen molar-refractivity contribution >= 4 is 0 Å². The molecule has 0 bridgehead atoms. The largest absolute Gasteiger partial charge is 0.493 e. The van der Waals surface area contributed by atoms with Crippen LogP contribution in [0.25, 0.3) is 0 Å². The first kappa shape index (κ1) is 10.2. The van der Waals surface area contributed by atoms with Crippen LogP contribution in [-0.4, -0.2) is 17.8 Å². The highest BCUT2D eigenvalue weighted by Gasteiger charge is 2.29. The highest BCUT2D eigenvalue weighted by Crippen LogP contribution is 2.40. The molecule has 1 aliphatic carbocycles. The van der Waals surface area contributed by atoms with E-state index in [-0.39, 0.29) is 6.10 Å². The second-order valence-corrected chi connectivity index (χ2v) is 4.89. The van der Waals surface area contributed by atoms with E-state index in [9.17, 15) is 5.11 Å². The van der Waals surface area contributed by atoms with Crippen molar-refractivity contribution in [1.29, 1.82) is 0 Å². The van der Waals surface area contributed by atoms with Gasteiger partial charge in [-0.2, -0.15) is 0 Å². The average Bonchev–Trinajstić information content (AvgIpc) is 2.77. The third-order valence-electron chi connectivity index (χ3n) is 3.87. The summed E-state index contributed by atoms with van der Waals surface area (Å²) in [6.07, 6.45) is 5.27. The van der Waals surface area contributed by atoms with Crippen LogP contribution in [0.3, 0.4) is 0 Å². The lowest BCUT2D eigenvalue weighted by Crippen LogP contribution is -2.22. The Bertz CT molecular complexity index is 386. The Hall–Kier alpha value is -1.02. The average molecular weight is 218 g/mol. The predicted molar refractivity (Wildman–Crippen MR) is 62.9 cm³/mol. The van der Waals surface area contributed by atoms with Crippen LogP contribution in [0, 0.1) is 0 Å². The van der Waals surface area contributed by atoms with Gasteiger partial charge in [-0.05, 0) is 18.4 Å². The lowest BCUT2D eigenvalue weighted by Gasteiger charge is -2.28. The predicted octanol–water partition coefficient (Wildman–Crippen LogP) is 2.64. The molecule has 0 amide bonds. The second-order valence-electron chi connectivity index (χ2n) is 4.89. The number of rotatable bonds is 1. The summed E-state index contributed by atoms with van der Waals surface area (Å²) in [7, 11) is 0. The van der Waals surface area contributed by atoms with Gasteiger partial charge in [0.25, 0.3) is 0 Å². The molecule has 0 saturated heterocycles. The van der Waals surface area contributed by atoms with Crippen molar-refractivity contribution in [3.8, 4) is 5.75 Å². The van der Waals surface area contributed by atoms with E-state index in [1.54, 1.807) is 0 Å². The standard InChI is InChI=1S/C14H18O2/c15-13-7-2-1-5-11(13)12-6-3-4-10-8-9-16-14(10)12/h3-4,6,11,13,15H,1-2,5,7-9H2. The molecule has 1 saturated carbocycles. The molecule has 1 fully saturated rings. The van der Waals surface area contributed by atoms with Crippen LogP contribution in [-0.2, 0) is 6.42 Å². The number of hydrogen-bond acceptors (Lipinski definition) is 2. The van der Waals surface area contributed by atoms with Gasteiger partial charge in [0, 0.05) is 17.9 Å². The number of aliphatic hydroxyl groups excluding tert-OH is 1. The van der Waals surface area contributed by atoms with Crippen molar-refractivity contribution in [2.45, 2.75) is 44.1 Å². The summed E-state index contributed by atoms with van der Waals surface area (Å²) in [6.45, 7) is 0.801. The first-order valence-corrected chi connectivity index (χ1v) is 6.29. The fourth-order valence-corrected chi connectivity index (χ4v) is 3.01. The molecule has 2 atom stereocenters. The minimum absolute atomic E-state index is 0.176. The zero-order valence-electron chi connectivity index (χ0n) is 9.48. The van der Waals surface area contributed by atoms with Crippen LogP contribution in [0.4, 0.5) is 0 Å². The van der Waals surface area contributed by atoms with Gasteiger partial charge in [0.15, 0.2) is 0 Å². The first-order chi connectivity index (χ1) is 7.86. The van der Waals surface area contributed by atoms with Crippen LogP contribution in [0.1, 0.15) is 42.7 Å². The molecule has 0 radical (unpaired) electrons. The Kier molecular flexibility index (Phi) is 2.60. The molecule has 1 N–H and O–H groups in total. The molecule has 1 aliphatic heterocycles. The normalized spacial score (nSPS) is 28.6. The van der Waals surface area contributed by atoms with E-state index in [1.165, 1.54) is 17.5 Å². The Balaban J connectivity index is 1.96. The van der Waals surface area contributed by atoms with E-state index in [1.807, 2.05) is 0 Å². The topological polar surface area (TPSA) is 29.5 Å². The number of para-hydroxylation sites is 1. The van der Waals surface area contributed by atoms with Gasteiger partial charge < -0.3 is 9.84 Å². The quantitative estimate of drug-likeness (QED) is 0.785. The maximum absolute atomic E-state index is 10.1. The summed E-state index contributed by atoms with van der Waals surface area (Å²) >= 11 is 0. The number of ether oxygens (including phenoxy) is 1. The highest BCUT2D eigenvalue weighted by molar-refractivity contribution is 5.46. The molecular formula is C14H18O2. The zero-order chi connectivity index (χ0) is 11.0. The summed E-state index contributed by atoms with van der Waals surface area (Å²) in [5.41, 5.74) is 2.55. The summed E-state index contributed by atoms with van der Waals surface area (Å²) in [5.74, 6) is 1.36. The smallest absolute Gasteiger partial charge is 0.126 e. The van der Waals surface area contributed by atoms with Crippen LogP contribution in [0.15, 0.2) is 18.2 Å². The van der Waals surface area contributed by atoms with Crippen LogP contribution < -0.4 is 4.74 Å². The molecule has 86 valence electrons. The lowest BCUT2D eigenvalue weighted by atomic mass is 9.81. The van der Waals surface area contributed by atoms with Crippen molar-refractivity contribution < 1.29 is 9.84 Å². The number of benzene rings is 1. The van der Waals surface area contributed by atoms with Gasteiger partial charge in [-0.3, -0.25) is 0 Å². The van der Waals surface area contributed by atoms with E-state index in [2.05, 4.69) is 18.2 Å². The molecule has 2 aliphatic rings. The van der Waals surface area contributed by atoms with E-state index in [0.29, 0.717) is 5.92 Å². The Morgan fingerprint density at radius 3 is 2.94 bits per heavy atom. The molecule has 1 heterocycles. The number of aliphatic hydroxyl groups is 1. The fraction of sp³-hybridized carbons (Fsp3) is 0.571. The van der Waals surface area contributed by atoms with Gasteiger partial charge in [0.05, 0.1) is 12.7 Å². The van der Waals surface area contributed by atoms with Gasteiger partial charge >= 0.3 is 0 Å². The van der Waals surface area contributed by atoms with Crippen LogP contribution in [0.2, 0.25) is 0 Å². The second kappa shape index (κ2) is 4.10. The monoisotopic (exact) mass is 218 g/mol. The minimum atomic E-state index is -0.176. The van der Waals surface area contributed by atoms with Crippen LogP contribution in [0.5, 0.6) is 5.75 Å². The third kappa shape index (κ3) is 1.61. The Labute approximate surface area is 96.2 Å². The van der Waals surface area contributed by atoms with Crippen molar-refractivity contribution in [1.82, 2.24) is 0 Å². The van der Waals surface area contributed by atoms with E-state index >= 15 is 0 Å². The SMILES string of the molecule is OC1CCCCC1c1cccc2c1OCC2. The number of fused-ring (bicyclic) bond motifs is 1. The maximum atomic E-state index is 10.1. The molecule has 2 nitrogen and oxygen atoms in total. The summed E-state index contributed by atoms with van der Waals surface area (Å²) < 4.78 is 5.72. The molecule has 0 aromatic heterocycles. The summed E-state index contributed by atoms with van der Waals surface area (Å²) in [4.78, 5) is 0. The maximum Gasteiger partial charge on any atom is 0.126 e. The molecule has 3 rings (SSSR count). The van der Waals surface area contributed by atoms with E-state index in [0.717, 1.165) is 38.0 Å². The van der Waals surface area contributed by atoms with Gasteiger partial charge in [0.1, 0.15) is 5.75 Å². The van der Waals surface area contributed by atoms with Gasteiger partial charge in [-0.15, -0.1) is 0 Å². The van der Waals surface area contributed by atoms with Gasteiger partial charge in [0.2, 0.25) is 0 Å². The first-order valence-electron chi connectivity index (χ1n) is 6.29. The molecule has 1 aromatic rings. The molecule has 2 heteroatoms. The third-order valence-corrected chi connectivity index (χ3v) is 3.87. The van der Waals surface area contributed by atoms with Crippen molar-refractivity contribution in [3.63, 3.8) is 0 Å². The van der Waals surface area contributed by atoms with Crippen molar-refractivity contribution in [3.05, 3.63) is 29.3 Å². The fourth-order valence-electron chi connectivity index (χ4n) is 3.01. The van der Waals surface area contributed by atoms with Crippen LogP contribution >= 0.6 is 0 Å². The van der Waals surface area contributed by atoms with Crippen molar-refractivity contribution in [2.24, 2.45) is 0 Å². The molecular weight excluding hydrogens is 200 g/mol. The molecule has 1 aromatic carbocycles. The Morgan fingerprint density at radius 2 is 2.06 bits per heavy atom. The molecule has 16 heavy (non-hydrogen) atoms. The zero-order valence-corrected chi connectivity index (χ0v) is 9.48. The van der Waals surface area contributed by atoms with E-state index in [4.69, 9.17) is 4.74 Å². The number of hydrogen-bond donors (Lipinski definition) is 1. The lowest BCUT2D eigenvalue weighted by molar-refractivity contribution is 0.105. The summed E-state index contributed by atoms with van der Waals surface area (Å²) in [6, 6.07) is 6.37. The minimum Gasteiger partial charge on any atom is -0.493 e.